The number of aryl methyl sites for hydroxylation is 1. The zero-order valence-electron chi connectivity index (χ0n) is 9.89. The Morgan fingerprint density at radius 3 is 3.06 bits per heavy atom. The van der Waals surface area contributed by atoms with Crippen LogP contribution in [0.2, 0.25) is 0 Å². The molecule has 1 heterocycles. The van der Waals surface area contributed by atoms with Gasteiger partial charge in [-0.2, -0.15) is 5.26 Å². The van der Waals surface area contributed by atoms with Crippen LogP contribution >= 0.6 is 0 Å². The summed E-state index contributed by atoms with van der Waals surface area (Å²) in [5.74, 6) is 0. The third kappa shape index (κ3) is 4.45. The zero-order chi connectivity index (χ0) is 11.8. The fourth-order valence-electron chi connectivity index (χ4n) is 1.55. The highest BCUT2D eigenvalue weighted by Crippen LogP contribution is 2.04. The average Bonchev–Trinajstić information content (AvgIpc) is 2.72. The van der Waals surface area contributed by atoms with Crippen molar-refractivity contribution in [2.45, 2.75) is 51.6 Å². The predicted octanol–water partition coefficient (Wildman–Crippen LogP) is 1.86. The van der Waals surface area contributed by atoms with Crippen molar-refractivity contribution in [3.63, 3.8) is 0 Å². The Balaban J connectivity index is 2.31. The molecule has 0 fully saturated rings. The molecular weight excluding hydrogens is 200 g/mol. The molecular formula is C12H20N4. The van der Waals surface area contributed by atoms with Crippen LogP contribution in [0.3, 0.4) is 0 Å². The van der Waals surface area contributed by atoms with E-state index >= 15 is 0 Å². The molecule has 1 atom stereocenters. The van der Waals surface area contributed by atoms with E-state index in [2.05, 4.69) is 28.7 Å². The molecule has 88 valence electrons. The van der Waals surface area contributed by atoms with Gasteiger partial charge in [-0.3, -0.25) is 0 Å². The minimum absolute atomic E-state index is 0.210. The van der Waals surface area contributed by atoms with Gasteiger partial charge in [-0.25, -0.2) is 4.98 Å². The molecule has 0 aliphatic rings. The molecule has 0 aliphatic heterocycles. The molecule has 2 N–H and O–H groups in total. The number of nitrogens with two attached hydrogens (primary N) is 1. The number of hydrogen-bond acceptors (Lipinski definition) is 3. The van der Waals surface area contributed by atoms with E-state index in [9.17, 15) is 0 Å². The first-order valence-electron chi connectivity index (χ1n) is 5.89. The third-order valence-electron chi connectivity index (χ3n) is 2.64. The molecule has 0 spiro atoms. The van der Waals surface area contributed by atoms with Crippen molar-refractivity contribution in [3.8, 4) is 6.07 Å². The standard InChI is InChI=1S/C12H20N4/c1-2-11(14)8-12-9-16(10-15-12)7-5-3-4-6-13/h9-11H,2-5,7-8,14H2,1H3. The van der Waals surface area contributed by atoms with Crippen LogP contribution in [0.25, 0.3) is 0 Å². The maximum Gasteiger partial charge on any atom is 0.0949 e. The number of rotatable bonds is 7. The Labute approximate surface area is 97.1 Å². The second-order valence-corrected chi connectivity index (χ2v) is 4.09. The summed E-state index contributed by atoms with van der Waals surface area (Å²) >= 11 is 0. The molecule has 1 rings (SSSR count). The largest absolute Gasteiger partial charge is 0.337 e. The van der Waals surface area contributed by atoms with Crippen molar-refractivity contribution in [1.82, 2.24) is 9.55 Å². The fraction of sp³-hybridized carbons (Fsp3) is 0.667. The van der Waals surface area contributed by atoms with Crippen LogP contribution in [0.4, 0.5) is 0 Å². The van der Waals surface area contributed by atoms with Gasteiger partial charge in [0, 0.05) is 31.6 Å². The number of imidazole rings is 1. The lowest BCUT2D eigenvalue weighted by molar-refractivity contribution is 0.612. The van der Waals surface area contributed by atoms with Gasteiger partial charge in [0.05, 0.1) is 18.1 Å². The lowest BCUT2D eigenvalue weighted by Crippen LogP contribution is -2.21. The first-order chi connectivity index (χ1) is 7.76. The second kappa shape index (κ2) is 7.02. The average molecular weight is 220 g/mol. The third-order valence-corrected chi connectivity index (χ3v) is 2.64. The number of unbranched alkanes of at least 4 members (excludes halogenated alkanes) is 2. The summed E-state index contributed by atoms with van der Waals surface area (Å²) in [4.78, 5) is 4.32. The summed E-state index contributed by atoms with van der Waals surface area (Å²) < 4.78 is 2.08. The van der Waals surface area contributed by atoms with Gasteiger partial charge < -0.3 is 10.3 Å². The van der Waals surface area contributed by atoms with Crippen LogP contribution in [0.1, 0.15) is 38.3 Å². The van der Waals surface area contributed by atoms with Gasteiger partial charge in [-0.15, -0.1) is 0 Å². The molecule has 1 unspecified atom stereocenters. The van der Waals surface area contributed by atoms with Crippen molar-refractivity contribution in [1.29, 1.82) is 5.26 Å². The minimum atomic E-state index is 0.210. The highest BCUT2D eigenvalue weighted by Gasteiger charge is 2.04. The lowest BCUT2D eigenvalue weighted by Gasteiger charge is -2.04. The van der Waals surface area contributed by atoms with E-state index in [1.54, 1.807) is 0 Å². The molecule has 0 bridgehead atoms. The Hall–Kier alpha value is -1.34. The lowest BCUT2D eigenvalue weighted by atomic mass is 10.1. The van der Waals surface area contributed by atoms with Crippen molar-refractivity contribution in [3.05, 3.63) is 18.2 Å². The maximum atomic E-state index is 8.41. The molecule has 0 aromatic carbocycles. The molecule has 4 heteroatoms. The smallest absolute Gasteiger partial charge is 0.0949 e. The Morgan fingerprint density at radius 1 is 1.56 bits per heavy atom. The van der Waals surface area contributed by atoms with Crippen molar-refractivity contribution < 1.29 is 0 Å². The molecule has 1 aromatic rings. The molecule has 0 amide bonds. The van der Waals surface area contributed by atoms with Crippen molar-refractivity contribution in [2.24, 2.45) is 5.73 Å². The van der Waals surface area contributed by atoms with Gasteiger partial charge in [0.15, 0.2) is 0 Å². The summed E-state index contributed by atoms with van der Waals surface area (Å²) in [5, 5.41) is 8.41. The predicted molar refractivity (Wildman–Crippen MR) is 63.7 cm³/mol. The zero-order valence-corrected chi connectivity index (χ0v) is 9.89. The minimum Gasteiger partial charge on any atom is -0.337 e. The highest BCUT2D eigenvalue weighted by molar-refractivity contribution is 4.99. The quantitative estimate of drug-likeness (QED) is 0.713. The van der Waals surface area contributed by atoms with Gasteiger partial charge in [-0.05, 0) is 19.3 Å². The van der Waals surface area contributed by atoms with E-state index < -0.39 is 0 Å². The van der Waals surface area contributed by atoms with E-state index in [0.717, 1.165) is 37.9 Å². The van der Waals surface area contributed by atoms with E-state index in [0.29, 0.717) is 6.42 Å². The van der Waals surface area contributed by atoms with Crippen LogP contribution in [0.5, 0.6) is 0 Å². The summed E-state index contributed by atoms with van der Waals surface area (Å²) in [6, 6.07) is 2.36. The van der Waals surface area contributed by atoms with E-state index in [1.165, 1.54) is 0 Å². The van der Waals surface area contributed by atoms with Gasteiger partial charge in [0.2, 0.25) is 0 Å². The molecule has 0 saturated carbocycles. The van der Waals surface area contributed by atoms with E-state index in [-0.39, 0.29) is 6.04 Å². The van der Waals surface area contributed by atoms with E-state index in [1.807, 2.05) is 6.33 Å². The van der Waals surface area contributed by atoms with Crippen molar-refractivity contribution in [2.75, 3.05) is 0 Å². The van der Waals surface area contributed by atoms with Crippen LogP contribution in [-0.4, -0.2) is 15.6 Å². The molecule has 0 radical (unpaired) electrons. The number of hydrogen-bond donors (Lipinski definition) is 1. The van der Waals surface area contributed by atoms with Crippen molar-refractivity contribution >= 4 is 0 Å². The van der Waals surface area contributed by atoms with Crippen LogP contribution in [-0.2, 0) is 13.0 Å². The SMILES string of the molecule is CCC(N)Cc1cn(CCCCC#N)cn1. The van der Waals surface area contributed by atoms with Crippen LogP contribution in [0, 0.1) is 11.3 Å². The van der Waals surface area contributed by atoms with Gasteiger partial charge in [0.25, 0.3) is 0 Å². The Morgan fingerprint density at radius 2 is 2.38 bits per heavy atom. The van der Waals surface area contributed by atoms with Gasteiger partial charge in [0.1, 0.15) is 0 Å². The molecule has 4 nitrogen and oxygen atoms in total. The molecule has 16 heavy (non-hydrogen) atoms. The molecule has 0 aliphatic carbocycles. The highest BCUT2D eigenvalue weighted by atomic mass is 15.0. The van der Waals surface area contributed by atoms with E-state index in [4.69, 9.17) is 11.0 Å². The molecule has 0 saturated heterocycles. The Bertz CT molecular complexity index is 337. The van der Waals surface area contributed by atoms with Crippen LogP contribution in [0.15, 0.2) is 12.5 Å². The first-order valence-corrected chi connectivity index (χ1v) is 5.89. The molecule has 1 aromatic heterocycles. The second-order valence-electron chi connectivity index (χ2n) is 4.09. The topological polar surface area (TPSA) is 67.6 Å². The monoisotopic (exact) mass is 220 g/mol. The first kappa shape index (κ1) is 12.7. The van der Waals surface area contributed by atoms with Crippen LogP contribution < -0.4 is 5.73 Å². The normalized spacial score (nSPS) is 12.3. The summed E-state index contributed by atoms with van der Waals surface area (Å²) in [6.45, 7) is 3.03. The number of nitriles is 1. The van der Waals surface area contributed by atoms with Gasteiger partial charge >= 0.3 is 0 Å². The fourth-order valence-corrected chi connectivity index (χ4v) is 1.55. The van der Waals surface area contributed by atoms with Gasteiger partial charge in [-0.1, -0.05) is 6.92 Å². The number of aromatic nitrogens is 2. The summed E-state index contributed by atoms with van der Waals surface area (Å²) in [7, 11) is 0. The Kier molecular flexibility index (Phi) is 5.58. The summed E-state index contributed by atoms with van der Waals surface area (Å²) in [6.07, 6.45) is 8.37. The number of nitrogens with zero attached hydrogens (tertiary/aromatic N) is 3. The summed E-state index contributed by atoms with van der Waals surface area (Å²) in [5.41, 5.74) is 6.93. The maximum absolute atomic E-state index is 8.41.